The molecule has 2 fully saturated rings. The van der Waals surface area contributed by atoms with Crippen LogP contribution in [-0.4, -0.2) is 54.4 Å². The number of phenols is 1. The minimum Gasteiger partial charge on any atom is -0.504 e. The van der Waals surface area contributed by atoms with Crippen LogP contribution in [-0.2, 0) is 16.0 Å². The van der Waals surface area contributed by atoms with Crippen LogP contribution in [0.15, 0.2) is 22.7 Å². The number of rotatable bonds is 13. The molecule has 0 amide bonds. The van der Waals surface area contributed by atoms with Crippen LogP contribution < -0.4 is 16.2 Å². The Morgan fingerprint density at radius 3 is 2.47 bits per heavy atom. The molecule has 8 nitrogen and oxygen atoms in total. The van der Waals surface area contributed by atoms with Crippen LogP contribution in [0.25, 0.3) is 0 Å². The lowest BCUT2D eigenvalue weighted by Crippen LogP contribution is -2.30. The molecule has 1 aromatic rings. The number of aliphatic hydroxyl groups is 1. The fourth-order valence-corrected chi connectivity index (χ4v) is 8.75. The topological polar surface area (TPSA) is 140 Å². The molecule has 8 heteroatoms. The molecule has 1 aromatic carbocycles. The Morgan fingerprint density at radius 1 is 1.00 bits per heavy atom. The van der Waals surface area contributed by atoms with Crippen molar-refractivity contribution >= 4 is 11.7 Å². The van der Waals surface area contributed by atoms with Gasteiger partial charge in [0.05, 0.1) is 24.7 Å². The number of fused-ring (bicyclic) bond motifs is 8. The third-order valence-electron chi connectivity index (χ3n) is 11.7. The van der Waals surface area contributed by atoms with Gasteiger partial charge in [-0.3, -0.25) is 4.79 Å². The minimum absolute atomic E-state index is 0.00659. The summed E-state index contributed by atoms with van der Waals surface area (Å²) in [7, 11) is 1.73. The fourth-order valence-electron chi connectivity index (χ4n) is 8.75. The number of aromatic hydroxyl groups is 1. The molecule has 2 bridgehead atoms. The van der Waals surface area contributed by atoms with Gasteiger partial charge in [-0.05, 0) is 118 Å². The molecule has 6 rings (SSSR count). The summed E-state index contributed by atoms with van der Waals surface area (Å²) in [6.07, 6.45) is 18.0. The summed E-state index contributed by atoms with van der Waals surface area (Å²) >= 11 is 0. The maximum Gasteiger partial charge on any atom is 0.186 e. The first-order valence-corrected chi connectivity index (χ1v) is 19.7. The smallest absolute Gasteiger partial charge is 0.186 e. The van der Waals surface area contributed by atoms with E-state index >= 15 is 0 Å². The summed E-state index contributed by atoms with van der Waals surface area (Å²) in [4.78, 5) is 18.2. The number of hydrogen-bond acceptors (Lipinski definition) is 6. The van der Waals surface area contributed by atoms with Crippen molar-refractivity contribution in [1.82, 2.24) is 0 Å². The highest BCUT2D eigenvalue weighted by Crippen LogP contribution is 2.47. The second-order valence-corrected chi connectivity index (χ2v) is 15.7. The minimum atomic E-state index is -0.230. The number of aliphatic imine (C=N–C) groups is 1. The molecule has 0 saturated heterocycles. The molecule has 0 heterocycles. The Morgan fingerprint density at radius 2 is 1.75 bits per heavy atom. The molecular formula is C43H61N3O5. The SMILES string of the molecule is COCC1CCC(N=C(N)N)C2C#Cc3c(CCC(=O)C=C(CO)CCC4CCCC4)cc(OC4CCCC4)c(O)c3C1CCC(C)CC#CC2. The summed E-state index contributed by atoms with van der Waals surface area (Å²) < 4.78 is 12.5. The Balaban J connectivity index is 1.60. The van der Waals surface area contributed by atoms with E-state index in [1.165, 1.54) is 25.7 Å². The summed E-state index contributed by atoms with van der Waals surface area (Å²) in [5.41, 5.74) is 15.2. The molecule has 5 atom stereocenters. The van der Waals surface area contributed by atoms with Gasteiger partial charge in [0.15, 0.2) is 23.2 Å². The summed E-state index contributed by atoms with van der Waals surface area (Å²) in [6.45, 7) is 2.66. The molecule has 0 aromatic heterocycles. The first-order valence-electron chi connectivity index (χ1n) is 19.7. The van der Waals surface area contributed by atoms with Gasteiger partial charge in [0.1, 0.15) is 0 Å². The van der Waals surface area contributed by atoms with Crippen LogP contribution in [0.4, 0.5) is 0 Å². The van der Waals surface area contributed by atoms with Crippen LogP contribution in [0.1, 0.15) is 139 Å². The van der Waals surface area contributed by atoms with Gasteiger partial charge in [-0.25, -0.2) is 4.99 Å². The number of carbonyl (C=O) groups is 1. The highest BCUT2D eigenvalue weighted by Gasteiger charge is 2.34. The summed E-state index contributed by atoms with van der Waals surface area (Å²) in [5.74, 6) is 15.4. The predicted octanol–water partition coefficient (Wildman–Crippen LogP) is 7.07. The van der Waals surface area contributed by atoms with Crippen LogP contribution in [0.5, 0.6) is 11.5 Å². The van der Waals surface area contributed by atoms with Gasteiger partial charge in [-0.1, -0.05) is 44.4 Å². The second kappa shape index (κ2) is 19.4. The van der Waals surface area contributed by atoms with E-state index < -0.39 is 0 Å². The van der Waals surface area contributed by atoms with Gasteiger partial charge in [0, 0.05) is 44.1 Å². The van der Waals surface area contributed by atoms with E-state index in [1.807, 2.05) is 6.07 Å². The number of ketones is 1. The van der Waals surface area contributed by atoms with Crippen molar-refractivity contribution in [3.8, 4) is 35.2 Å². The number of aliphatic hydroxyl groups excluding tert-OH is 1. The van der Waals surface area contributed by atoms with Crippen LogP contribution in [0.3, 0.4) is 0 Å². The highest BCUT2D eigenvalue weighted by atomic mass is 16.5. The van der Waals surface area contributed by atoms with Gasteiger partial charge in [0.25, 0.3) is 0 Å². The Kier molecular flexibility index (Phi) is 14.7. The first kappa shape index (κ1) is 38.8. The number of methoxy groups -OCH3 is 1. The number of nitrogens with two attached hydrogens (primary N) is 2. The molecule has 5 aliphatic rings. The van der Waals surface area contributed by atoms with E-state index in [-0.39, 0.29) is 60.4 Å². The number of aryl methyl sites for hydroxylation is 1. The largest absolute Gasteiger partial charge is 0.504 e. The molecule has 5 aliphatic carbocycles. The standard InChI is InChI=1S/C43H61N3O5/c1-29-9-3-6-12-32-19-23-37-33(18-21-35(48)25-31(27-47)17-16-30-10-4-5-11-30)26-40(51-36-13-7-8-14-36)42(49)41(37)38(22-15-29)34(28-50-2)20-24-39(32)46-43(44)45/h25-26,29-30,32,34,36,38-39,47,49H,4-5,7-18,20-22,24,27-28H2,1-2H3,(H4,44,45,46). The molecule has 0 aliphatic heterocycles. The molecular weight excluding hydrogens is 638 g/mol. The number of nitrogens with zero attached hydrogens (tertiary/aromatic N) is 1. The van der Waals surface area contributed by atoms with E-state index in [2.05, 4.69) is 35.6 Å². The number of guanidine groups is 1. The first-order chi connectivity index (χ1) is 24.7. The Hall–Kier alpha value is -3.46. The summed E-state index contributed by atoms with van der Waals surface area (Å²) in [6, 6.07) is 1.70. The number of benzene rings is 1. The zero-order valence-electron chi connectivity index (χ0n) is 31.1. The zero-order valence-corrected chi connectivity index (χ0v) is 31.1. The highest BCUT2D eigenvalue weighted by molar-refractivity contribution is 5.90. The lowest BCUT2D eigenvalue weighted by molar-refractivity contribution is -0.114. The number of allylic oxidation sites excluding steroid dienone is 1. The zero-order chi connectivity index (χ0) is 36.2. The van der Waals surface area contributed by atoms with Gasteiger partial charge in [0.2, 0.25) is 0 Å². The van der Waals surface area contributed by atoms with E-state index in [0.29, 0.717) is 37.0 Å². The van der Waals surface area contributed by atoms with Crippen molar-refractivity contribution in [2.75, 3.05) is 20.3 Å². The van der Waals surface area contributed by atoms with E-state index in [0.717, 1.165) is 92.9 Å². The van der Waals surface area contributed by atoms with Gasteiger partial charge >= 0.3 is 0 Å². The number of carbonyl (C=O) groups excluding carboxylic acids is 1. The van der Waals surface area contributed by atoms with Crippen LogP contribution in [0, 0.1) is 47.4 Å². The summed E-state index contributed by atoms with van der Waals surface area (Å²) in [5, 5.41) is 22.4. The van der Waals surface area contributed by atoms with Crippen molar-refractivity contribution in [3.05, 3.63) is 34.4 Å². The molecule has 6 N–H and O–H groups in total. The van der Waals surface area contributed by atoms with E-state index in [9.17, 15) is 15.0 Å². The monoisotopic (exact) mass is 699 g/mol. The van der Waals surface area contributed by atoms with Crippen molar-refractivity contribution in [1.29, 1.82) is 0 Å². The Bertz CT molecular complexity index is 1510. The van der Waals surface area contributed by atoms with Crippen molar-refractivity contribution in [3.63, 3.8) is 0 Å². The lowest BCUT2D eigenvalue weighted by atomic mass is 9.74. The van der Waals surface area contributed by atoms with Crippen LogP contribution >= 0.6 is 0 Å². The second-order valence-electron chi connectivity index (χ2n) is 15.7. The number of phenolic OH excluding ortho intramolecular Hbond substituents is 1. The normalized spacial score (nSPS) is 25.9. The van der Waals surface area contributed by atoms with Crippen molar-refractivity contribution in [2.45, 2.75) is 141 Å². The molecule has 5 unspecified atom stereocenters. The van der Waals surface area contributed by atoms with Crippen molar-refractivity contribution in [2.24, 2.45) is 40.1 Å². The lowest BCUT2D eigenvalue weighted by Gasteiger charge is -2.33. The third-order valence-corrected chi connectivity index (χ3v) is 11.7. The van der Waals surface area contributed by atoms with Gasteiger partial charge in [-0.15, -0.1) is 11.8 Å². The van der Waals surface area contributed by atoms with E-state index in [4.69, 9.17) is 20.9 Å². The van der Waals surface area contributed by atoms with Crippen molar-refractivity contribution < 1.29 is 24.5 Å². The molecule has 2 saturated carbocycles. The van der Waals surface area contributed by atoms with Crippen LogP contribution in [0.2, 0.25) is 0 Å². The molecule has 0 spiro atoms. The third kappa shape index (κ3) is 11.0. The molecule has 0 radical (unpaired) electrons. The average molecular weight is 700 g/mol. The predicted molar refractivity (Wildman–Crippen MR) is 203 cm³/mol. The van der Waals surface area contributed by atoms with Gasteiger partial charge < -0.3 is 31.2 Å². The quantitative estimate of drug-likeness (QED) is 0.0748. The maximum absolute atomic E-state index is 13.5. The Labute approximate surface area is 306 Å². The molecule has 278 valence electrons. The maximum atomic E-state index is 13.5. The molecule has 51 heavy (non-hydrogen) atoms. The number of ether oxygens (including phenoxy) is 2. The van der Waals surface area contributed by atoms with Gasteiger partial charge in [-0.2, -0.15) is 0 Å². The number of hydrogen-bond donors (Lipinski definition) is 4. The van der Waals surface area contributed by atoms with E-state index in [1.54, 1.807) is 13.2 Å². The fraction of sp³-hybridized carbons (Fsp3) is 0.674. The average Bonchev–Trinajstić information content (AvgIpc) is 3.83.